The number of hydrogen-bond donors (Lipinski definition) is 1. The Morgan fingerprint density at radius 3 is 2.36 bits per heavy atom. The average Bonchev–Trinajstić information content (AvgIpc) is 2.27. The largest absolute Gasteiger partial charge is 0.376 e. The third-order valence-corrected chi connectivity index (χ3v) is 2.30. The van der Waals surface area contributed by atoms with E-state index in [-0.39, 0.29) is 12.6 Å². The van der Waals surface area contributed by atoms with E-state index in [1.807, 2.05) is 0 Å². The van der Waals surface area contributed by atoms with Crippen molar-refractivity contribution in [3.05, 3.63) is 0 Å². The van der Waals surface area contributed by atoms with Gasteiger partial charge in [0.1, 0.15) is 19.0 Å². The number of ether oxygens (including phenoxy) is 1. The molecule has 1 aliphatic rings. The zero-order chi connectivity index (χ0) is 10.9. The summed E-state index contributed by atoms with van der Waals surface area (Å²) < 4.78 is 4.73. The van der Waals surface area contributed by atoms with Gasteiger partial charge in [0.2, 0.25) is 0 Å². The molecule has 6 heteroatoms. The minimum Gasteiger partial charge on any atom is -0.376 e. The number of amides is 3. The fraction of sp³-hybridized carbons (Fsp3) is 0.750. The Bertz CT molecular complexity index is 264. The van der Waals surface area contributed by atoms with Crippen molar-refractivity contribution < 1.29 is 19.4 Å². The summed E-state index contributed by atoms with van der Waals surface area (Å²) in [5, 5.41) is 8.96. The molecule has 1 N–H and O–H groups in total. The summed E-state index contributed by atoms with van der Waals surface area (Å²) in [5.74, 6) is -0.363. The number of imide groups is 1. The van der Waals surface area contributed by atoms with Crippen molar-refractivity contribution in [2.24, 2.45) is 0 Å². The normalized spacial score (nSPS) is 20.9. The Balaban J connectivity index is 2.95. The summed E-state index contributed by atoms with van der Waals surface area (Å²) in [7, 11) is 1.40. The average molecular weight is 202 g/mol. The van der Waals surface area contributed by atoms with Crippen LogP contribution in [0.3, 0.4) is 0 Å². The van der Waals surface area contributed by atoms with Crippen LogP contribution in [0, 0.1) is 0 Å². The molecule has 0 radical (unpaired) electrons. The van der Waals surface area contributed by atoms with Crippen LogP contribution in [0.2, 0.25) is 0 Å². The quantitative estimate of drug-likeness (QED) is 0.631. The first kappa shape index (κ1) is 10.9. The van der Waals surface area contributed by atoms with Gasteiger partial charge in [-0.05, 0) is 13.8 Å². The fourth-order valence-electron chi connectivity index (χ4n) is 1.40. The van der Waals surface area contributed by atoms with Crippen LogP contribution in [0.1, 0.15) is 13.8 Å². The molecule has 3 amide bonds. The van der Waals surface area contributed by atoms with Gasteiger partial charge in [-0.1, -0.05) is 0 Å². The molecule has 14 heavy (non-hydrogen) atoms. The van der Waals surface area contributed by atoms with Crippen LogP contribution in [-0.2, 0) is 9.53 Å². The van der Waals surface area contributed by atoms with Gasteiger partial charge in [-0.15, -0.1) is 0 Å². The second-order valence-corrected chi connectivity index (χ2v) is 3.56. The van der Waals surface area contributed by atoms with Crippen molar-refractivity contribution in [2.45, 2.75) is 19.4 Å². The molecule has 0 bridgehead atoms. The van der Waals surface area contributed by atoms with Crippen molar-refractivity contribution >= 4 is 11.9 Å². The lowest BCUT2D eigenvalue weighted by atomic mass is 10.1. The van der Waals surface area contributed by atoms with Gasteiger partial charge in [0.25, 0.3) is 5.91 Å². The molecule has 80 valence electrons. The van der Waals surface area contributed by atoms with Gasteiger partial charge in [-0.3, -0.25) is 9.69 Å². The van der Waals surface area contributed by atoms with E-state index in [0.29, 0.717) is 0 Å². The molecule has 1 rings (SSSR count). The molecule has 1 saturated heterocycles. The number of carbonyl (C=O) groups excluding carboxylic acids is 2. The van der Waals surface area contributed by atoms with Crippen molar-refractivity contribution in [1.82, 2.24) is 9.80 Å². The second-order valence-electron chi connectivity index (χ2n) is 3.56. The Kier molecular flexibility index (Phi) is 2.77. The maximum absolute atomic E-state index is 11.7. The molecule has 0 spiro atoms. The molecule has 0 unspecified atom stereocenters. The summed E-state index contributed by atoms with van der Waals surface area (Å²) in [6.45, 7) is 2.60. The standard InChI is InChI=1S/C8H14N2O4/c1-8(2)6(12)9(5-14-3)7(13)10(8)4-11/h11H,4-5H2,1-3H3. The molecule has 1 aliphatic heterocycles. The molecule has 1 fully saturated rings. The second kappa shape index (κ2) is 3.55. The lowest BCUT2D eigenvalue weighted by molar-refractivity contribution is -0.135. The van der Waals surface area contributed by atoms with Crippen LogP contribution in [0.25, 0.3) is 0 Å². The van der Waals surface area contributed by atoms with E-state index in [9.17, 15) is 9.59 Å². The van der Waals surface area contributed by atoms with Gasteiger partial charge in [-0.25, -0.2) is 9.69 Å². The monoisotopic (exact) mass is 202 g/mol. The van der Waals surface area contributed by atoms with Crippen LogP contribution in [0.5, 0.6) is 0 Å². The first-order valence-corrected chi connectivity index (χ1v) is 4.20. The smallest absolute Gasteiger partial charge is 0.331 e. The molecular weight excluding hydrogens is 188 g/mol. The first-order chi connectivity index (χ1) is 6.46. The highest BCUT2D eigenvalue weighted by Crippen LogP contribution is 2.26. The first-order valence-electron chi connectivity index (χ1n) is 4.20. The molecular formula is C8H14N2O4. The fourth-order valence-corrected chi connectivity index (χ4v) is 1.40. The van der Waals surface area contributed by atoms with Gasteiger partial charge >= 0.3 is 6.03 Å². The summed E-state index contributed by atoms with van der Waals surface area (Å²) in [5.41, 5.74) is -0.996. The predicted octanol–water partition coefficient (Wildman–Crippen LogP) is -0.417. The van der Waals surface area contributed by atoms with Crippen LogP contribution in [0.4, 0.5) is 4.79 Å². The Labute approximate surface area is 82.0 Å². The number of urea groups is 1. The summed E-state index contributed by atoms with van der Waals surface area (Å²) in [6, 6.07) is -0.524. The molecule has 6 nitrogen and oxygen atoms in total. The minimum atomic E-state index is -0.996. The highest BCUT2D eigenvalue weighted by atomic mass is 16.5. The summed E-state index contributed by atoms with van der Waals surface area (Å²) >= 11 is 0. The van der Waals surface area contributed by atoms with E-state index in [0.717, 1.165) is 9.80 Å². The predicted molar refractivity (Wildman–Crippen MR) is 47.1 cm³/mol. The van der Waals surface area contributed by atoms with E-state index < -0.39 is 18.3 Å². The zero-order valence-electron chi connectivity index (χ0n) is 8.48. The van der Waals surface area contributed by atoms with Gasteiger partial charge < -0.3 is 9.84 Å². The summed E-state index contributed by atoms with van der Waals surface area (Å²) in [4.78, 5) is 25.3. The highest BCUT2D eigenvalue weighted by molar-refractivity contribution is 6.06. The third-order valence-electron chi connectivity index (χ3n) is 2.30. The molecule has 0 aliphatic carbocycles. The number of methoxy groups -OCH3 is 1. The van der Waals surface area contributed by atoms with Crippen molar-refractivity contribution in [2.75, 3.05) is 20.6 Å². The topological polar surface area (TPSA) is 70.1 Å². The van der Waals surface area contributed by atoms with Crippen molar-refractivity contribution in [3.8, 4) is 0 Å². The zero-order valence-corrected chi connectivity index (χ0v) is 8.48. The van der Waals surface area contributed by atoms with Gasteiger partial charge in [-0.2, -0.15) is 0 Å². The molecule has 0 aromatic heterocycles. The Morgan fingerprint density at radius 2 is 2.00 bits per heavy atom. The molecule has 0 aromatic rings. The van der Waals surface area contributed by atoms with Crippen LogP contribution in [0.15, 0.2) is 0 Å². The number of hydrogen-bond acceptors (Lipinski definition) is 4. The van der Waals surface area contributed by atoms with E-state index in [4.69, 9.17) is 9.84 Å². The lowest BCUT2D eigenvalue weighted by Crippen LogP contribution is -2.44. The van der Waals surface area contributed by atoms with Crippen LogP contribution >= 0.6 is 0 Å². The third kappa shape index (κ3) is 1.36. The van der Waals surface area contributed by atoms with E-state index in [2.05, 4.69) is 0 Å². The van der Waals surface area contributed by atoms with Crippen LogP contribution < -0.4 is 0 Å². The number of nitrogens with zero attached hydrogens (tertiary/aromatic N) is 2. The minimum absolute atomic E-state index is 0.0857. The molecule has 0 atom stereocenters. The van der Waals surface area contributed by atoms with E-state index in [1.165, 1.54) is 7.11 Å². The van der Waals surface area contributed by atoms with Crippen molar-refractivity contribution in [3.63, 3.8) is 0 Å². The SMILES string of the molecule is COCN1C(=O)N(CO)C(C)(C)C1=O. The van der Waals surface area contributed by atoms with E-state index in [1.54, 1.807) is 13.8 Å². The highest BCUT2D eigenvalue weighted by Gasteiger charge is 2.50. The maximum atomic E-state index is 11.7. The number of carbonyl (C=O) groups is 2. The number of rotatable bonds is 3. The van der Waals surface area contributed by atoms with Crippen LogP contribution in [-0.4, -0.2) is 53.0 Å². The summed E-state index contributed by atoms with van der Waals surface area (Å²) in [6.07, 6.45) is 0. The molecule has 0 aromatic carbocycles. The lowest BCUT2D eigenvalue weighted by Gasteiger charge is -2.24. The maximum Gasteiger partial charge on any atom is 0.331 e. The van der Waals surface area contributed by atoms with Gasteiger partial charge in [0.15, 0.2) is 0 Å². The Morgan fingerprint density at radius 1 is 1.43 bits per heavy atom. The molecule has 0 saturated carbocycles. The van der Waals surface area contributed by atoms with E-state index >= 15 is 0 Å². The number of aliphatic hydroxyl groups is 1. The van der Waals surface area contributed by atoms with Crippen molar-refractivity contribution in [1.29, 1.82) is 0 Å². The van der Waals surface area contributed by atoms with Gasteiger partial charge in [0, 0.05) is 7.11 Å². The number of aliphatic hydroxyl groups excluding tert-OH is 1. The Hall–Kier alpha value is -1.14. The molecule has 1 heterocycles. The van der Waals surface area contributed by atoms with Gasteiger partial charge in [0.05, 0.1) is 0 Å².